The Kier molecular flexibility index (Phi) is 5.74. The van der Waals surface area contributed by atoms with Crippen LogP contribution in [0.1, 0.15) is 44.1 Å². The fraction of sp³-hybridized carbons (Fsp3) is 0.632. The van der Waals surface area contributed by atoms with Gasteiger partial charge in [-0.25, -0.2) is 4.79 Å². The number of urea groups is 1. The molecule has 0 unspecified atom stereocenters. The quantitative estimate of drug-likeness (QED) is 0.775. The predicted octanol–water partition coefficient (Wildman–Crippen LogP) is 2.38. The molecule has 2 aliphatic rings. The summed E-state index contributed by atoms with van der Waals surface area (Å²) in [6.45, 7) is 0.651. The molecule has 24 heavy (non-hydrogen) atoms. The molecular weight excluding hydrogens is 304 g/mol. The van der Waals surface area contributed by atoms with E-state index in [4.69, 9.17) is 4.74 Å². The van der Waals surface area contributed by atoms with E-state index in [0.29, 0.717) is 6.42 Å². The van der Waals surface area contributed by atoms with Crippen molar-refractivity contribution in [3.05, 3.63) is 35.9 Å². The average Bonchev–Trinajstić information content (AvgIpc) is 3.02. The molecule has 1 saturated carbocycles. The van der Waals surface area contributed by atoms with Crippen LogP contribution in [-0.2, 0) is 11.2 Å². The number of hydrogen-bond donors (Lipinski definition) is 3. The first-order valence-electron chi connectivity index (χ1n) is 9.05. The number of carbonyl (C=O) groups excluding carboxylic acids is 1. The molecule has 0 aromatic heterocycles. The minimum Gasteiger partial charge on any atom is -0.394 e. The number of ether oxygens (including phenoxy) is 1. The molecule has 3 rings (SSSR count). The Morgan fingerprint density at radius 3 is 2.75 bits per heavy atom. The Morgan fingerprint density at radius 2 is 2.04 bits per heavy atom. The van der Waals surface area contributed by atoms with Crippen molar-refractivity contribution < 1.29 is 14.6 Å². The van der Waals surface area contributed by atoms with Gasteiger partial charge in [0.15, 0.2) is 0 Å². The summed E-state index contributed by atoms with van der Waals surface area (Å²) < 4.78 is 6.01. The third-order valence-corrected chi connectivity index (χ3v) is 5.22. The molecule has 1 saturated heterocycles. The summed E-state index contributed by atoms with van der Waals surface area (Å²) in [4.78, 5) is 12.3. The molecule has 2 fully saturated rings. The van der Waals surface area contributed by atoms with Crippen molar-refractivity contribution in [3.63, 3.8) is 0 Å². The van der Waals surface area contributed by atoms with E-state index in [0.717, 1.165) is 37.9 Å². The molecule has 5 heteroatoms. The van der Waals surface area contributed by atoms with E-state index >= 15 is 0 Å². The lowest BCUT2D eigenvalue weighted by atomic mass is 9.89. The minimum atomic E-state index is -0.271. The Morgan fingerprint density at radius 1 is 1.29 bits per heavy atom. The number of nitrogens with one attached hydrogen (secondary N) is 2. The molecule has 0 radical (unpaired) electrons. The highest BCUT2D eigenvalue weighted by molar-refractivity contribution is 5.74. The molecule has 132 valence electrons. The van der Waals surface area contributed by atoms with Gasteiger partial charge in [-0.3, -0.25) is 0 Å². The van der Waals surface area contributed by atoms with Crippen LogP contribution >= 0.6 is 0 Å². The molecule has 1 heterocycles. The summed E-state index contributed by atoms with van der Waals surface area (Å²) >= 11 is 0. The maximum atomic E-state index is 12.3. The zero-order valence-electron chi connectivity index (χ0n) is 14.2. The largest absolute Gasteiger partial charge is 0.394 e. The first-order valence-corrected chi connectivity index (χ1v) is 9.05. The molecule has 1 spiro atoms. The van der Waals surface area contributed by atoms with Crippen LogP contribution in [-0.4, -0.2) is 42.0 Å². The van der Waals surface area contributed by atoms with Gasteiger partial charge < -0.3 is 20.5 Å². The van der Waals surface area contributed by atoms with Crippen LogP contribution in [0, 0.1) is 0 Å². The topological polar surface area (TPSA) is 70.6 Å². The van der Waals surface area contributed by atoms with Crippen LogP contribution < -0.4 is 10.6 Å². The fourth-order valence-electron chi connectivity index (χ4n) is 3.99. The smallest absolute Gasteiger partial charge is 0.315 e. The normalized spacial score (nSPS) is 23.8. The summed E-state index contributed by atoms with van der Waals surface area (Å²) in [5, 5.41) is 15.5. The lowest BCUT2D eigenvalue weighted by Gasteiger charge is -2.38. The summed E-state index contributed by atoms with van der Waals surface area (Å²) in [5.41, 5.74) is 1.10. The Bertz CT molecular complexity index is 529. The first-order chi connectivity index (χ1) is 11.7. The molecule has 1 aliphatic carbocycles. The number of rotatable bonds is 5. The van der Waals surface area contributed by atoms with Gasteiger partial charge in [0.1, 0.15) is 0 Å². The molecule has 1 aliphatic heterocycles. The van der Waals surface area contributed by atoms with Gasteiger partial charge in [-0.05, 0) is 37.7 Å². The van der Waals surface area contributed by atoms with Crippen LogP contribution in [0.3, 0.4) is 0 Å². The van der Waals surface area contributed by atoms with Crippen molar-refractivity contribution in [2.24, 2.45) is 0 Å². The molecule has 0 bridgehead atoms. The van der Waals surface area contributed by atoms with Gasteiger partial charge in [0.25, 0.3) is 0 Å². The summed E-state index contributed by atoms with van der Waals surface area (Å²) in [6, 6.07) is 9.60. The Balaban J connectivity index is 1.48. The van der Waals surface area contributed by atoms with Gasteiger partial charge in [-0.2, -0.15) is 0 Å². The first kappa shape index (κ1) is 17.2. The van der Waals surface area contributed by atoms with Crippen LogP contribution in [0.4, 0.5) is 4.79 Å². The van der Waals surface area contributed by atoms with E-state index in [-0.39, 0.29) is 30.3 Å². The second-order valence-corrected chi connectivity index (χ2v) is 7.12. The maximum absolute atomic E-state index is 12.3. The van der Waals surface area contributed by atoms with Crippen LogP contribution in [0.2, 0.25) is 0 Å². The van der Waals surface area contributed by atoms with Gasteiger partial charge in [0.05, 0.1) is 18.2 Å². The second-order valence-electron chi connectivity index (χ2n) is 7.12. The third kappa shape index (κ3) is 4.48. The van der Waals surface area contributed by atoms with E-state index in [1.54, 1.807) is 0 Å². The van der Waals surface area contributed by atoms with Gasteiger partial charge in [-0.1, -0.05) is 43.2 Å². The highest BCUT2D eigenvalue weighted by atomic mass is 16.5. The Labute approximate surface area is 143 Å². The molecule has 1 aromatic rings. The maximum Gasteiger partial charge on any atom is 0.315 e. The van der Waals surface area contributed by atoms with Crippen molar-refractivity contribution in [2.75, 3.05) is 13.2 Å². The van der Waals surface area contributed by atoms with E-state index in [1.165, 1.54) is 12.8 Å². The Hall–Kier alpha value is -1.59. The lowest BCUT2D eigenvalue weighted by Crippen LogP contribution is -2.52. The predicted molar refractivity (Wildman–Crippen MR) is 92.9 cm³/mol. The number of benzene rings is 1. The molecule has 5 nitrogen and oxygen atoms in total. The fourth-order valence-corrected chi connectivity index (χ4v) is 3.99. The lowest BCUT2D eigenvalue weighted by molar-refractivity contribution is -0.0820. The SMILES string of the molecule is O=C(N[C@H](CO)Cc1ccccc1)N[C@H]1CCOC2(CCCC2)C1. The monoisotopic (exact) mass is 332 g/mol. The second kappa shape index (κ2) is 7.99. The van der Waals surface area contributed by atoms with Gasteiger partial charge in [-0.15, -0.1) is 0 Å². The number of hydrogen-bond acceptors (Lipinski definition) is 3. The number of aliphatic hydroxyl groups is 1. The minimum absolute atomic E-state index is 0.00336. The molecule has 2 amide bonds. The van der Waals surface area contributed by atoms with Gasteiger partial charge >= 0.3 is 6.03 Å². The molecule has 1 aromatic carbocycles. The van der Waals surface area contributed by atoms with Crippen molar-refractivity contribution in [1.29, 1.82) is 0 Å². The van der Waals surface area contributed by atoms with Crippen LogP contribution in [0.15, 0.2) is 30.3 Å². The molecular formula is C19H28N2O3. The number of aliphatic hydroxyl groups excluding tert-OH is 1. The van der Waals surface area contributed by atoms with E-state index in [1.807, 2.05) is 30.3 Å². The number of amides is 2. The highest BCUT2D eigenvalue weighted by Gasteiger charge is 2.40. The van der Waals surface area contributed by atoms with Crippen molar-refractivity contribution in [2.45, 2.75) is 62.6 Å². The highest BCUT2D eigenvalue weighted by Crippen LogP contribution is 2.39. The van der Waals surface area contributed by atoms with Crippen molar-refractivity contribution in [1.82, 2.24) is 10.6 Å². The number of carbonyl (C=O) groups is 1. The van der Waals surface area contributed by atoms with Gasteiger partial charge in [0, 0.05) is 12.6 Å². The molecule has 2 atom stereocenters. The zero-order chi connectivity index (χ0) is 16.8. The summed E-state index contributed by atoms with van der Waals surface area (Å²) in [5.74, 6) is 0. The van der Waals surface area contributed by atoms with E-state index in [2.05, 4.69) is 10.6 Å². The van der Waals surface area contributed by atoms with Crippen molar-refractivity contribution in [3.8, 4) is 0 Å². The van der Waals surface area contributed by atoms with Crippen LogP contribution in [0.5, 0.6) is 0 Å². The average molecular weight is 332 g/mol. The van der Waals surface area contributed by atoms with Gasteiger partial charge in [0.2, 0.25) is 0 Å². The van der Waals surface area contributed by atoms with E-state index < -0.39 is 0 Å². The molecule has 3 N–H and O–H groups in total. The van der Waals surface area contributed by atoms with Crippen LogP contribution in [0.25, 0.3) is 0 Å². The third-order valence-electron chi connectivity index (χ3n) is 5.22. The standard InChI is InChI=1S/C19H28N2O3/c22-14-17(12-15-6-2-1-3-7-15)21-18(23)20-16-8-11-24-19(13-16)9-4-5-10-19/h1-3,6-7,16-17,22H,4-5,8-14H2,(H2,20,21,23)/t16-,17-/m0/s1. The zero-order valence-corrected chi connectivity index (χ0v) is 14.2. The summed E-state index contributed by atoms with van der Waals surface area (Å²) in [7, 11) is 0. The van der Waals surface area contributed by atoms with Crippen molar-refractivity contribution >= 4 is 6.03 Å². The summed E-state index contributed by atoms with van der Waals surface area (Å²) in [6.07, 6.45) is 7.06. The van der Waals surface area contributed by atoms with E-state index in [9.17, 15) is 9.90 Å².